The molecule has 1 saturated heterocycles. The Morgan fingerprint density at radius 2 is 2.22 bits per heavy atom. The van der Waals surface area contributed by atoms with E-state index in [1.807, 2.05) is 6.07 Å². The number of ether oxygens (including phenoxy) is 1. The second-order valence-corrected chi connectivity index (χ2v) is 5.74. The van der Waals surface area contributed by atoms with Gasteiger partial charge in [0.25, 0.3) is 0 Å². The zero-order valence-corrected chi connectivity index (χ0v) is 11.4. The molecule has 18 heavy (non-hydrogen) atoms. The summed E-state index contributed by atoms with van der Waals surface area (Å²) in [5.41, 5.74) is 0.941. The van der Waals surface area contributed by atoms with E-state index >= 15 is 0 Å². The molecule has 1 unspecified atom stereocenters. The van der Waals surface area contributed by atoms with Crippen LogP contribution in [0.15, 0.2) is 24.3 Å². The van der Waals surface area contributed by atoms with Gasteiger partial charge in [0.05, 0.1) is 5.60 Å². The van der Waals surface area contributed by atoms with E-state index in [-0.39, 0.29) is 17.5 Å². The number of benzene rings is 1. The minimum Gasteiger partial charge on any atom is -0.375 e. The highest BCUT2D eigenvalue weighted by Gasteiger charge is 2.29. The summed E-state index contributed by atoms with van der Waals surface area (Å²) in [5.74, 6) is -0.173. The molecule has 100 valence electrons. The lowest BCUT2D eigenvalue weighted by Gasteiger charge is -2.37. The van der Waals surface area contributed by atoms with E-state index in [0.717, 1.165) is 25.0 Å². The van der Waals surface area contributed by atoms with Gasteiger partial charge in [0.15, 0.2) is 0 Å². The third kappa shape index (κ3) is 3.53. The van der Waals surface area contributed by atoms with Crippen LogP contribution in [0.5, 0.6) is 0 Å². The molecule has 0 bridgehead atoms. The first-order chi connectivity index (χ1) is 8.46. The van der Waals surface area contributed by atoms with E-state index in [0.29, 0.717) is 6.04 Å². The highest BCUT2D eigenvalue weighted by atomic mass is 19.1. The van der Waals surface area contributed by atoms with Crippen molar-refractivity contribution in [2.45, 2.75) is 51.3 Å². The van der Waals surface area contributed by atoms with Crippen molar-refractivity contribution >= 4 is 0 Å². The van der Waals surface area contributed by atoms with Crippen LogP contribution in [0.25, 0.3) is 0 Å². The number of hydrogen-bond acceptors (Lipinski definition) is 2. The van der Waals surface area contributed by atoms with Crippen molar-refractivity contribution in [3.05, 3.63) is 35.6 Å². The minimum absolute atomic E-state index is 0.0580. The van der Waals surface area contributed by atoms with Gasteiger partial charge in [-0.25, -0.2) is 4.39 Å². The van der Waals surface area contributed by atoms with Gasteiger partial charge in [-0.15, -0.1) is 0 Å². The van der Waals surface area contributed by atoms with Crippen LogP contribution in [0, 0.1) is 5.82 Å². The average Bonchev–Trinajstić information content (AvgIpc) is 2.27. The maximum Gasteiger partial charge on any atom is 0.123 e. The van der Waals surface area contributed by atoms with Crippen LogP contribution in [0.3, 0.4) is 0 Å². The molecule has 0 radical (unpaired) electrons. The van der Waals surface area contributed by atoms with Crippen LogP contribution in [0.1, 0.15) is 45.2 Å². The van der Waals surface area contributed by atoms with Crippen LogP contribution < -0.4 is 5.32 Å². The first-order valence-corrected chi connectivity index (χ1v) is 6.62. The number of nitrogens with one attached hydrogen (secondary N) is 1. The van der Waals surface area contributed by atoms with Crippen LogP contribution >= 0.6 is 0 Å². The monoisotopic (exact) mass is 251 g/mol. The summed E-state index contributed by atoms with van der Waals surface area (Å²) < 4.78 is 18.9. The van der Waals surface area contributed by atoms with Crippen LogP contribution in [-0.2, 0) is 4.74 Å². The molecule has 0 amide bonds. The lowest BCUT2D eigenvalue weighted by atomic mass is 9.93. The van der Waals surface area contributed by atoms with Gasteiger partial charge >= 0.3 is 0 Å². The van der Waals surface area contributed by atoms with Gasteiger partial charge in [-0.2, -0.15) is 0 Å². The standard InChI is InChI=1S/C15H22FNO/c1-11(12-5-4-6-13(16)9-12)17-14-7-8-18-15(2,3)10-14/h4-6,9,11,14,17H,7-8,10H2,1-3H3/t11-,14?/m0/s1. The van der Waals surface area contributed by atoms with Crippen molar-refractivity contribution in [1.82, 2.24) is 5.32 Å². The third-order valence-corrected chi connectivity index (χ3v) is 3.53. The molecule has 1 heterocycles. The summed E-state index contributed by atoms with van der Waals surface area (Å²) in [4.78, 5) is 0. The van der Waals surface area contributed by atoms with Crippen molar-refractivity contribution in [2.24, 2.45) is 0 Å². The maximum absolute atomic E-state index is 13.2. The normalized spacial score (nSPS) is 24.8. The topological polar surface area (TPSA) is 21.3 Å². The molecule has 2 nitrogen and oxygen atoms in total. The Morgan fingerprint density at radius 1 is 1.44 bits per heavy atom. The Hall–Kier alpha value is -0.930. The van der Waals surface area contributed by atoms with E-state index in [9.17, 15) is 4.39 Å². The molecule has 1 aliphatic rings. The summed E-state index contributed by atoms with van der Waals surface area (Å²) in [5, 5.41) is 3.57. The Kier molecular flexibility index (Phi) is 4.03. The Bertz CT molecular complexity index is 405. The average molecular weight is 251 g/mol. The van der Waals surface area contributed by atoms with Gasteiger partial charge in [-0.1, -0.05) is 12.1 Å². The van der Waals surface area contributed by atoms with E-state index in [1.54, 1.807) is 12.1 Å². The Labute approximate surface area is 109 Å². The van der Waals surface area contributed by atoms with E-state index in [2.05, 4.69) is 26.1 Å². The van der Waals surface area contributed by atoms with Crippen molar-refractivity contribution in [1.29, 1.82) is 0 Å². The Balaban J connectivity index is 1.97. The third-order valence-electron chi connectivity index (χ3n) is 3.53. The second kappa shape index (κ2) is 5.37. The molecule has 1 aromatic rings. The molecule has 1 aliphatic heterocycles. The number of halogens is 1. The highest BCUT2D eigenvalue weighted by molar-refractivity contribution is 5.19. The fraction of sp³-hybridized carbons (Fsp3) is 0.600. The fourth-order valence-electron chi connectivity index (χ4n) is 2.60. The van der Waals surface area contributed by atoms with E-state index < -0.39 is 0 Å². The quantitative estimate of drug-likeness (QED) is 0.888. The summed E-state index contributed by atoms with van der Waals surface area (Å²) in [6.45, 7) is 7.11. The molecule has 1 N–H and O–H groups in total. The van der Waals surface area contributed by atoms with Crippen LogP contribution in [-0.4, -0.2) is 18.2 Å². The number of rotatable bonds is 3. The fourth-order valence-corrected chi connectivity index (χ4v) is 2.60. The molecule has 1 aromatic carbocycles. The van der Waals surface area contributed by atoms with Gasteiger partial charge < -0.3 is 10.1 Å². The molecule has 2 rings (SSSR count). The summed E-state index contributed by atoms with van der Waals surface area (Å²) in [7, 11) is 0. The van der Waals surface area contributed by atoms with Crippen molar-refractivity contribution in [2.75, 3.05) is 6.61 Å². The SMILES string of the molecule is C[C@H](NC1CCOC(C)(C)C1)c1cccc(F)c1. The van der Waals surface area contributed by atoms with Crippen LogP contribution in [0.4, 0.5) is 4.39 Å². The first kappa shape index (κ1) is 13.5. The predicted molar refractivity (Wildman–Crippen MR) is 71.0 cm³/mol. The Morgan fingerprint density at radius 3 is 2.89 bits per heavy atom. The molecule has 0 spiro atoms. The summed E-state index contributed by atoms with van der Waals surface area (Å²) in [6, 6.07) is 7.41. The van der Waals surface area contributed by atoms with Gasteiger partial charge in [0, 0.05) is 18.7 Å². The van der Waals surface area contributed by atoms with Crippen molar-refractivity contribution in [3.63, 3.8) is 0 Å². The maximum atomic E-state index is 13.2. The van der Waals surface area contributed by atoms with E-state index in [4.69, 9.17) is 4.74 Å². The van der Waals surface area contributed by atoms with Gasteiger partial charge in [0.2, 0.25) is 0 Å². The smallest absolute Gasteiger partial charge is 0.123 e. The lowest BCUT2D eigenvalue weighted by molar-refractivity contribution is -0.0640. The molecule has 0 saturated carbocycles. The summed E-state index contributed by atoms with van der Waals surface area (Å²) >= 11 is 0. The second-order valence-electron chi connectivity index (χ2n) is 5.74. The molecule has 0 aromatic heterocycles. The largest absolute Gasteiger partial charge is 0.375 e. The number of hydrogen-bond donors (Lipinski definition) is 1. The van der Waals surface area contributed by atoms with Gasteiger partial charge in [0.1, 0.15) is 5.82 Å². The lowest BCUT2D eigenvalue weighted by Crippen LogP contribution is -2.44. The molecule has 2 atom stereocenters. The highest BCUT2D eigenvalue weighted by Crippen LogP contribution is 2.26. The molecular formula is C15H22FNO. The first-order valence-electron chi connectivity index (χ1n) is 6.62. The molecule has 0 aliphatic carbocycles. The minimum atomic E-state index is -0.173. The predicted octanol–water partition coefficient (Wildman–Crippen LogP) is 3.43. The zero-order valence-electron chi connectivity index (χ0n) is 11.4. The van der Waals surface area contributed by atoms with Gasteiger partial charge in [-0.05, 0) is 51.3 Å². The zero-order chi connectivity index (χ0) is 13.2. The van der Waals surface area contributed by atoms with Crippen molar-refractivity contribution < 1.29 is 9.13 Å². The van der Waals surface area contributed by atoms with Crippen molar-refractivity contribution in [3.8, 4) is 0 Å². The van der Waals surface area contributed by atoms with E-state index in [1.165, 1.54) is 6.07 Å². The molecular weight excluding hydrogens is 229 g/mol. The molecule has 3 heteroatoms. The van der Waals surface area contributed by atoms with Gasteiger partial charge in [-0.3, -0.25) is 0 Å². The molecule has 1 fully saturated rings. The summed E-state index contributed by atoms with van der Waals surface area (Å²) in [6.07, 6.45) is 2.01. The van der Waals surface area contributed by atoms with Crippen LogP contribution in [0.2, 0.25) is 0 Å².